The van der Waals surface area contributed by atoms with E-state index < -0.39 is 0 Å². The van der Waals surface area contributed by atoms with E-state index in [9.17, 15) is 9.59 Å². The van der Waals surface area contributed by atoms with Crippen LogP contribution in [0.25, 0.3) is 0 Å². The van der Waals surface area contributed by atoms with Gasteiger partial charge < -0.3 is 15.0 Å². The van der Waals surface area contributed by atoms with E-state index in [2.05, 4.69) is 21.2 Å². The van der Waals surface area contributed by atoms with Gasteiger partial charge in [0.15, 0.2) is 0 Å². The van der Waals surface area contributed by atoms with Gasteiger partial charge in [0.1, 0.15) is 0 Å². The van der Waals surface area contributed by atoms with Gasteiger partial charge in [-0.15, -0.1) is 0 Å². The number of hydrogen-bond donors (Lipinski definition) is 1. The Morgan fingerprint density at radius 1 is 1.32 bits per heavy atom. The highest BCUT2D eigenvalue weighted by atomic mass is 79.9. The summed E-state index contributed by atoms with van der Waals surface area (Å²) in [5.41, 5.74) is 0.289. The summed E-state index contributed by atoms with van der Waals surface area (Å²) in [4.78, 5) is 25.9. The van der Waals surface area contributed by atoms with Crippen molar-refractivity contribution in [3.63, 3.8) is 0 Å². The minimum Gasteiger partial charge on any atom is -0.372 e. The molecule has 5 nitrogen and oxygen atoms in total. The molecule has 2 amide bonds. The predicted molar refractivity (Wildman–Crippen MR) is 87.7 cm³/mol. The molecule has 0 unspecified atom stereocenters. The van der Waals surface area contributed by atoms with Crippen molar-refractivity contribution in [2.45, 2.75) is 25.9 Å². The van der Waals surface area contributed by atoms with Gasteiger partial charge in [0, 0.05) is 36.1 Å². The maximum absolute atomic E-state index is 12.2. The van der Waals surface area contributed by atoms with Crippen LogP contribution in [0.1, 0.15) is 30.6 Å². The smallest absolute Gasteiger partial charge is 0.251 e. The van der Waals surface area contributed by atoms with Crippen LogP contribution in [-0.4, -0.2) is 48.6 Å². The standard InChI is InChI=1S/C16H21BrN2O3/c1-16(2)11-19(9-10-22-16)14(20)7-8-18-15(21)12-3-5-13(17)6-4-12/h3-6H,7-11H2,1-2H3,(H,18,21). The van der Waals surface area contributed by atoms with Crippen molar-refractivity contribution < 1.29 is 14.3 Å². The molecule has 1 aromatic carbocycles. The Morgan fingerprint density at radius 2 is 2.00 bits per heavy atom. The topological polar surface area (TPSA) is 58.6 Å². The number of carbonyl (C=O) groups is 2. The summed E-state index contributed by atoms with van der Waals surface area (Å²) >= 11 is 3.33. The Labute approximate surface area is 139 Å². The lowest BCUT2D eigenvalue weighted by molar-refractivity contribution is -0.145. The minimum atomic E-state index is -0.297. The van der Waals surface area contributed by atoms with Crippen LogP contribution >= 0.6 is 15.9 Å². The molecule has 0 spiro atoms. The number of nitrogens with one attached hydrogen (secondary N) is 1. The third-order valence-electron chi connectivity index (χ3n) is 3.51. The maximum atomic E-state index is 12.2. The molecule has 120 valence electrons. The number of rotatable bonds is 4. The Hall–Kier alpha value is -1.40. The molecule has 0 aliphatic carbocycles. The van der Waals surface area contributed by atoms with Crippen LogP contribution in [0.15, 0.2) is 28.7 Å². The zero-order chi connectivity index (χ0) is 16.2. The van der Waals surface area contributed by atoms with Crippen molar-refractivity contribution in [1.29, 1.82) is 0 Å². The lowest BCUT2D eigenvalue weighted by Crippen LogP contribution is -2.51. The zero-order valence-electron chi connectivity index (χ0n) is 12.9. The summed E-state index contributed by atoms with van der Waals surface area (Å²) in [5, 5.41) is 2.78. The molecule has 1 aliphatic rings. The van der Waals surface area contributed by atoms with Gasteiger partial charge in [-0.1, -0.05) is 15.9 Å². The van der Waals surface area contributed by atoms with Crippen molar-refractivity contribution >= 4 is 27.7 Å². The molecule has 1 N–H and O–H groups in total. The van der Waals surface area contributed by atoms with E-state index in [0.29, 0.717) is 38.2 Å². The first-order valence-corrected chi connectivity index (χ1v) is 8.12. The quantitative estimate of drug-likeness (QED) is 0.886. The van der Waals surface area contributed by atoms with Crippen LogP contribution in [0.2, 0.25) is 0 Å². The van der Waals surface area contributed by atoms with Crippen molar-refractivity contribution in [2.75, 3.05) is 26.2 Å². The fourth-order valence-electron chi connectivity index (χ4n) is 2.37. The molecule has 0 radical (unpaired) electrons. The number of benzene rings is 1. The molecule has 2 rings (SSSR count). The van der Waals surface area contributed by atoms with Gasteiger partial charge in [-0.05, 0) is 38.1 Å². The predicted octanol–water partition coefficient (Wildman–Crippen LogP) is 2.21. The molecule has 1 fully saturated rings. The number of halogens is 1. The maximum Gasteiger partial charge on any atom is 0.251 e. The monoisotopic (exact) mass is 368 g/mol. The highest BCUT2D eigenvalue weighted by molar-refractivity contribution is 9.10. The molecule has 1 saturated heterocycles. The lowest BCUT2D eigenvalue weighted by atomic mass is 10.1. The zero-order valence-corrected chi connectivity index (χ0v) is 14.5. The van der Waals surface area contributed by atoms with Gasteiger partial charge in [0.05, 0.1) is 12.2 Å². The summed E-state index contributed by atoms with van der Waals surface area (Å²) in [6, 6.07) is 7.11. The molecule has 1 heterocycles. The van der Waals surface area contributed by atoms with E-state index in [-0.39, 0.29) is 17.4 Å². The van der Waals surface area contributed by atoms with E-state index in [4.69, 9.17) is 4.74 Å². The number of nitrogens with zero attached hydrogens (tertiary/aromatic N) is 1. The number of hydrogen-bond acceptors (Lipinski definition) is 3. The lowest BCUT2D eigenvalue weighted by Gasteiger charge is -2.38. The second kappa shape index (κ2) is 7.24. The van der Waals surface area contributed by atoms with Crippen LogP contribution in [0.4, 0.5) is 0 Å². The summed E-state index contributed by atoms with van der Waals surface area (Å²) in [5.74, 6) is -0.116. The summed E-state index contributed by atoms with van der Waals surface area (Å²) < 4.78 is 6.51. The third-order valence-corrected chi connectivity index (χ3v) is 4.04. The molecule has 0 bridgehead atoms. The van der Waals surface area contributed by atoms with Gasteiger partial charge in [0.2, 0.25) is 5.91 Å². The Bertz CT molecular complexity index is 543. The first-order valence-electron chi connectivity index (χ1n) is 7.33. The van der Waals surface area contributed by atoms with Crippen molar-refractivity contribution in [2.24, 2.45) is 0 Å². The minimum absolute atomic E-state index is 0.0486. The van der Waals surface area contributed by atoms with Crippen LogP contribution in [-0.2, 0) is 9.53 Å². The van der Waals surface area contributed by atoms with Crippen LogP contribution in [0.5, 0.6) is 0 Å². The average molecular weight is 369 g/mol. The fourth-order valence-corrected chi connectivity index (χ4v) is 2.64. The second-order valence-corrected chi connectivity index (χ2v) is 6.85. The van der Waals surface area contributed by atoms with Gasteiger partial charge in [-0.3, -0.25) is 9.59 Å². The normalized spacial score (nSPS) is 17.1. The Balaban J connectivity index is 1.77. The first kappa shape index (κ1) is 17.0. The third kappa shape index (κ3) is 4.81. The van der Waals surface area contributed by atoms with Gasteiger partial charge >= 0.3 is 0 Å². The second-order valence-electron chi connectivity index (χ2n) is 5.94. The van der Waals surface area contributed by atoms with Crippen LogP contribution < -0.4 is 5.32 Å². The Kier molecular flexibility index (Phi) is 5.58. The van der Waals surface area contributed by atoms with E-state index in [1.54, 1.807) is 17.0 Å². The molecule has 1 aromatic rings. The molecule has 1 aliphatic heterocycles. The molecular formula is C16H21BrN2O3. The SMILES string of the molecule is CC1(C)CN(C(=O)CCNC(=O)c2ccc(Br)cc2)CCO1. The average Bonchev–Trinajstić information content (AvgIpc) is 2.46. The van der Waals surface area contributed by atoms with Crippen LogP contribution in [0.3, 0.4) is 0 Å². The summed E-state index contributed by atoms with van der Waals surface area (Å²) in [6.07, 6.45) is 0.304. The van der Waals surface area contributed by atoms with Gasteiger partial charge in [0.25, 0.3) is 5.91 Å². The van der Waals surface area contributed by atoms with Crippen molar-refractivity contribution in [3.05, 3.63) is 34.3 Å². The first-order chi connectivity index (χ1) is 10.4. The molecular weight excluding hydrogens is 348 g/mol. The van der Waals surface area contributed by atoms with E-state index in [1.165, 1.54) is 0 Å². The number of amides is 2. The van der Waals surface area contributed by atoms with Gasteiger partial charge in [-0.25, -0.2) is 0 Å². The molecule has 0 aromatic heterocycles. The highest BCUT2D eigenvalue weighted by Crippen LogP contribution is 2.17. The number of carbonyl (C=O) groups excluding carboxylic acids is 2. The van der Waals surface area contributed by atoms with E-state index in [1.807, 2.05) is 26.0 Å². The van der Waals surface area contributed by atoms with E-state index in [0.717, 1.165) is 4.47 Å². The molecule has 6 heteroatoms. The largest absolute Gasteiger partial charge is 0.372 e. The Morgan fingerprint density at radius 3 is 2.64 bits per heavy atom. The number of ether oxygens (including phenoxy) is 1. The summed E-state index contributed by atoms with van der Waals surface area (Å²) in [6.45, 7) is 6.05. The molecule has 0 atom stereocenters. The molecule has 0 saturated carbocycles. The highest BCUT2D eigenvalue weighted by Gasteiger charge is 2.29. The van der Waals surface area contributed by atoms with Crippen molar-refractivity contribution in [3.8, 4) is 0 Å². The van der Waals surface area contributed by atoms with Crippen molar-refractivity contribution in [1.82, 2.24) is 10.2 Å². The molecule has 22 heavy (non-hydrogen) atoms. The fraction of sp³-hybridized carbons (Fsp3) is 0.500. The van der Waals surface area contributed by atoms with Gasteiger partial charge in [-0.2, -0.15) is 0 Å². The number of morpholine rings is 1. The van der Waals surface area contributed by atoms with E-state index >= 15 is 0 Å². The van der Waals surface area contributed by atoms with Crippen LogP contribution in [0, 0.1) is 0 Å². The summed E-state index contributed by atoms with van der Waals surface area (Å²) in [7, 11) is 0.